The fourth-order valence-electron chi connectivity index (χ4n) is 1.83. The van der Waals surface area contributed by atoms with Crippen molar-refractivity contribution >= 4 is 34.8 Å². The fourth-order valence-corrected chi connectivity index (χ4v) is 2.25. The van der Waals surface area contributed by atoms with E-state index in [-0.39, 0.29) is 18.6 Å². The van der Waals surface area contributed by atoms with Gasteiger partial charge in [-0.25, -0.2) is 0 Å². The molecule has 0 aliphatic heterocycles. The topological polar surface area (TPSA) is 47.6 Å². The van der Waals surface area contributed by atoms with Gasteiger partial charge in [0, 0.05) is 5.69 Å². The number of ether oxygens (including phenoxy) is 2. The molecule has 0 aliphatic carbocycles. The van der Waals surface area contributed by atoms with E-state index in [1.807, 2.05) is 13.8 Å². The van der Waals surface area contributed by atoms with Crippen LogP contribution >= 0.6 is 23.2 Å². The molecule has 0 unspecified atom stereocenters. The first kappa shape index (κ1) is 17.4. The van der Waals surface area contributed by atoms with Gasteiger partial charge in [0.2, 0.25) is 0 Å². The van der Waals surface area contributed by atoms with Gasteiger partial charge in [-0.05, 0) is 44.2 Å². The number of benzene rings is 2. The average Bonchev–Trinajstić information content (AvgIpc) is 2.49. The summed E-state index contributed by atoms with van der Waals surface area (Å²) in [5.74, 6) is 0.730. The maximum absolute atomic E-state index is 11.9. The van der Waals surface area contributed by atoms with Gasteiger partial charge in [0.1, 0.15) is 11.5 Å². The molecule has 0 atom stereocenters. The number of hydrogen-bond acceptors (Lipinski definition) is 3. The van der Waals surface area contributed by atoms with Gasteiger partial charge >= 0.3 is 0 Å². The van der Waals surface area contributed by atoms with Crippen molar-refractivity contribution in [3.63, 3.8) is 0 Å². The van der Waals surface area contributed by atoms with Crippen LogP contribution in [-0.4, -0.2) is 18.6 Å². The molecule has 23 heavy (non-hydrogen) atoms. The van der Waals surface area contributed by atoms with E-state index in [1.165, 1.54) is 0 Å². The Balaban J connectivity index is 1.93. The molecule has 0 aliphatic rings. The first-order valence-electron chi connectivity index (χ1n) is 7.09. The van der Waals surface area contributed by atoms with E-state index in [0.29, 0.717) is 27.2 Å². The summed E-state index contributed by atoms with van der Waals surface area (Å²) < 4.78 is 10.9. The number of rotatable bonds is 6. The van der Waals surface area contributed by atoms with E-state index in [1.54, 1.807) is 42.5 Å². The van der Waals surface area contributed by atoms with Gasteiger partial charge in [-0.1, -0.05) is 35.3 Å². The van der Waals surface area contributed by atoms with Crippen molar-refractivity contribution in [3.05, 3.63) is 52.5 Å². The predicted molar refractivity (Wildman–Crippen MR) is 92.8 cm³/mol. The van der Waals surface area contributed by atoms with Crippen molar-refractivity contribution in [2.45, 2.75) is 20.0 Å². The number of anilines is 1. The third-order valence-electron chi connectivity index (χ3n) is 2.77. The number of amides is 1. The minimum Gasteiger partial charge on any atom is -0.489 e. The number of halogens is 2. The van der Waals surface area contributed by atoms with Crippen molar-refractivity contribution in [3.8, 4) is 11.5 Å². The molecule has 0 fully saturated rings. The number of hydrogen-bond donors (Lipinski definition) is 1. The SMILES string of the molecule is CC(C)Oc1ccc(NC(=O)COc2ccccc2Cl)cc1Cl. The normalized spacial score (nSPS) is 10.5. The molecule has 2 rings (SSSR count). The lowest BCUT2D eigenvalue weighted by atomic mass is 10.3. The zero-order chi connectivity index (χ0) is 16.8. The van der Waals surface area contributed by atoms with Crippen molar-refractivity contribution < 1.29 is 14.3 Å². The van der Waals surface area contributed by atoms with E-state index < -0.39 is 0 Å². The Bertz CT molecular complexity index is 689. The van der Waals surface area contributed by atoms with Gasteiger partial charge in [-0.15, -0.1) is 0 Å². The van der Waals surface area contributed by atoms with Crippen LogP contribution in [0.3, 0.4) is 0 Å². The molecule has 0 heterocycles. The Kier molecular flexibility index (Phi) is 6.13. The van der Waals surface area contributed by atoms with Crippen LogP contribution in [0, 0.1) is 0 Å². The maximum atomic E-state index is 11.9. The van der Waals surface area contributed by atoms with Gasteiger partial charge in [-0.3, -0.25) is 4.79 Å². The second-order valence-electron chi connectivity index (χ2n) is 5.08. The molecule has 1 amide bonds. The van der Waals surface area contributed by atoms with Gasteiger partial charge in [0.15, 0.2) is 6.61 Å². The summed E-state index contributed by atoms with van der Waals surface area (Å²) in [5.41, 5.74) is 0.568. The largest absolute Gasteiger partial charge is 0.489 e. The van der Waals surface area contributed by atoms with Crippen LogP contribution in [0.5, 0.6) is 11.5 Å². The van der Waals surface area contributed by atoms with E-state index in [0.717, 1.165) is 0 Å². The minimum absolute atomic E-state index is 0.0250. The molecule has 1 N–H and O–H groups in total. The van der Waals surface area contributed by atoms with Gasteiger partial charge in [0.05, 0.1) is 16.1 Å². The van der Waals surface area contributed by atoms with Crippen LogP contribution in [0.25, 0.3) is 0 Å². The molecule has 122 valence electrons. The number of carbonyl (C=O) groups is 1. The molecule has 6 heteroatoms. The first-order valence-corrected chi connectivity index (χ1v) is 7.84. The van der Waals surface area contributed by atoms with Gasteiger partial charge in [-0.2, -0.15) is 0 Å². The Hall–Kier alpha value is -1.91. The van der Waals surface area contributed by atoms with Crippen LogP contribution in [-0.2, 0) is 4.79 Å². The van der Waals surface area contributed by atoms with Crippen LogP contribution in [0.1, 0.15) is 13.8 Å². The summed E-state index contributed by atoms with van der Waals surface area (Å²) in [7, 11) is 0. The minimum atomic E-state index is -0.307. The monoisotopic (exact) mass is 353 g/mol. The Morgan fingerprint density at radius 1 is 1.09 bits per heavy atom. The van der Waals surface area contributed by atoms with E-state index in [2.05, 4.69) is 5.32 Å². The van der Waals surface area contributed by atoms with Crippen molar-refractivity contribution in [1.82, 2.24) is 0 Å². The molecule has 0 radical (unpaired) electrons. The summed E-state index contributed by atoms with van der Waals surface area (Å²) >= 11 is 12.1. The standard InChI is InChI=1S/C17H17Cl2NO3/c1-11(2)23-16-8-7-12(9-14(16)19)20-17(21)10-22-15-6-4-3-5-13(15)18/h3-9,11H,10H2,1-2H3,(H,20,21). The molecule has 0 saturated heterocycles. The molecule has 2 aromatic rings. The highest BCUT2D eigenvalue weighted by molar-refractivity contribution is 6.32. The highest BCUT2D eigenvalue weighted by atomic mass is 35.5. The van der Waals surface area contributed by atoms with Crippen LogP contribution < -0.4 is 14.8 Å². The Morgan fingerprint density at radius 3 is 2.48 bits per heavy atom. The molecule has 0 saturated carbocycles. The van der Waals surface area contributed by atoms with Crippen molar-refractivity contribution in [2.75, 3.05) is 11.9 Å². The summed E-state index contributed by atoms with van der Waals surface area (Å²) in [6.45, 7) is 3.68. The average molecular weight is 354 g/mol. The molecule has 4 nitrogen and oxygen atoms in total. The quantitative estimate of drug-likeness (QED) is 0.811. The van der Waals surface area contributed by atoms with E-state index in [4.69, 9.17) is 32.7 Å². The summed E-state index contributed by atoms with van der Waals surface area (Å²) in [5, 5.41) is 3.60. The van der Waals surface area contributed by atoms with Crippen LogP contribution in [0.2, 0.25) is 10.0 Å². The number of nitrogens with one attached hydrogen (secondary N) is 1. The molecule has 0 aromatic heterocycles. The molecular weight excluding hydrogens is 337 g/mol. The highest BCUT2D eigenvalue weighted by Gasteiger charge is 2.09. The Morgan fingerprint density at radius 2 is 1.83 bits per heavy atom. The third kappa shape index (κ3) is 5.34. The van der Waals surface area contributed by atoms with E-state index in [9.17, 15) is 4.79 Å². The second-order valence-corrected chi connectivity index (χ2v) is 5.89. The summed E-state index contributed by atoms with van der Waals surface area (Å²) in [6, 6.07) is 12.0. The zero-order valence-electron chi connectivity index (χ0n) is 12.8. The fraction of sp³-hybridized carbons (Fsp3) is 0.235. The summed E-state index contributed by atoms with van der Waals surface area (Å²) in [6.07, 6.45) is 0.0250. The maximum Gasteiger partial charge on any atom is 0.262 e. The van der Waals surface area contributed by atoms with Gasteiger partial charge in [0.25, 0.3) is 5.91 Å². The first-order chi connectivity index (χ1) is 11.0. The van der Waals surface area contributed by atoms with Crippen LogP contribution in [0.4, 0.5) is 5.69 Å². The molecule has 0 spiro atoms. The highest BCUT2D eigenvalue weighted by Crippen LogP contribution is 2.28. The second kappa shape index (κ2) is 8.09. The molecular formula is C17H17Cl2NO3. The molecule has 2 aromatic carbocycles. The van der Waals surface area contributed by atoms with Crippen molar-refractivity contribution in [2.24, 2.45) is 0 Å². The third-order valence-corrected chi connectivity index (χ3v) is 3.38. The lowest BCUT2D eigenvalue weighted by molar-refractivity contribution is -0.118. The van der Waals surface area contributed by atoms with E-state index >= 15 is 0 Å². The lowest BCUT2D eigenvalue weighted by Gasteiger charge is -2.13. The van der Waals surface area contributed by atoms with Crippen molar-refractivity contribution in [1.29, 1.82) is 0 Å². The van der Waals surface area contributed by atoms with Gasteiger partial charge < -0.3 is 14.8 Å². The van der Waals surface area contributed by atoms with Crippen LogP contribution in [0.15, 0.2) is 42.5 Å². The predicted octanol–water partition coefficient (Wildman–Crippen LogP) is 4.80. The lowest BCUT2D eigenvalue weighted by Crippen LogP contribution is -2.20. The summed E-state index contributed by atoms with van der Waals surface area (Å²) in [4.78, 5) is 11.9. The Labute approximate surface area is 145 Å². The zero-order valence-corrected chi connectivity index (χ0v) is 14.3. The smallest absolute Gasteiger partial charge is 0.262 e. The number of para-hydroxylation sites is 1. The molecule has 0 bridgehead atoms. The number of carbonyl (C=O) groups excluding carboxylic acids is 1.